The maximum atomic E-state index is 13.4. The fourth-order valence-corrected chi connectivity index (χ4v) is 3.08. The van der Waals surface area contributed by atoms with Crippen LogP contribution in [0.15, 0.2) is 66.7 Å². The van der Waals surface area contributed by atoms with Crippen LogP contribution in [0.5, 0.6) is 0 Å². The van der Waals surface area contributed by atoms with Crippen LogP contribution in [0.3, 0.4) is 0 Å². The molecular weight excluding hydrogens is 397 g/mol. The smallest absolute Gasteiger partial charge is 0.423 e. The third-order valence-electron chi connectivity index (χ3n) is 4.34. The maximum absolute atomic E-state index is 13.4. The number of alkyl halides is 6. The van der Waals surface area contributed by atoms with Crippen LogP contribution in [-0.2, 0) is 12.4 Å². The minimum Gasteiger partial charge on any atom is -0.423 e. The predicted molar refractivity (Wildman–Crippen MR) is 97.1 cm³/mol. The highest BCUT2D eigenvalue weighted by Crippen LogP contribution is 2.40. The molecule has 0 amide bonds. The quantitative estimate of drug-likeness (QED) is 0.484. The molecule has 0 fully saturated rings. The molecule has 3 aromatic rings. The first-order chi connectivity index (χ1) is 13.5. The minimum atomic E-state index is -4.70. The Hall–Kier alpha value is -2.78. The Balaban J connectivity index is 2.29. The SMILES string of the molecule is OB(O)c1cc(-c2ccccc2C(F)(F)F)cc(-c2ccccc2C(F)(F)F)c1. The molecule has 150 valence electrons. The summed E-state index contributed by atoms with van der Waals surface area (Å²) < 4.78 is 80.3. The van der Waals surface area contributed by atoms with Crippen molar-refractivity contribution in [2.24, 2.45) is 0 Å². The molecule has 0 saturated heterocycles. The lowest BCUT2D eigenvalue weighted by Gasteiger charge is -2.17. The Kier molecular flexibility index (Phi) is 5.47. The van der Waals surface area contributed by atoms with Crippen molar-refractivity contribution in [2.45, 2.75) is 12.4 Å². The van der Waals surface area contributed by atoms with Crippen LogP contribution >= 0.6 is 0 Å². The number of benzene rings is 3. The average molecular weight is 410 g/mol. The summed E-state index contributed by atoms with van der Waals surface area (Å²) in [6, 6.07) is 12.5. The van der Waals surface area contributed by atoms with Crippen molar-refractivity contribution in [1.29, 1.82) is 0 Å². The van der Waals surface area contributed by atoms with Gasteiger partial charge < -0.3 is 10.0 Å². The van der Waals surface area contributed by atoms with E-state index < -0.39 is 30.6 Å². The zero-order valence-electron chi connectivity index (χ0n) is 14.6. The van der Waals surface area contributed by atoms with Gasteiger partial charge in [0.2, 0.25) is 0 Å². The van der Waals surface area contributed by atoms with Crippen LogP contribution in [0, 0.1) is 0 Å². The number of hydrogen-bond donors (Lipinski definition) is 2. The van der Waals surface area contributed by atoms with Crippen LogP contribution in [0.1, 0.15) is 11.1 Å². The largest absolute Gasteiger partial charge is 0.488 e. The van der Waals surface area contributed by atoms with E-state index in [9.17, 15) is 36.4 Å². The molecule has 3 rings (SSSR count). The third-order valence-corrected chi connectivity index (χ3v) is 4.34. The van der Waals surface area contributed by atoms with E-state index in [0.717, 1.165) is 24.3 Å². The van der Waals surface area contributed by atoms with E-state index in [0.29, 0.717) is 0 Å². The van der Waals surface area contributed by atoms with Crippen LogP contribution < -0.4 is 5.46 Å². The molecule has 0 aliphatic heterocycles. The summed E-state index contributed by atoms with van der Waals surface area (Å²) in [6.07, 6.45) is -9.40. The Bertz CT molecular complexity index is 952. The van der Waals surface area contributed by atoms with E-state index in [1.165, 1.54) is 42.5 Å². The second-order valence-electron chi connectivity index (χ2n) is 6.30. The van der Waals surface area contributed by atoms with Gasteiger partial charge in [-0.25, -0.2) is 0 Å². The van der Waals surface area contributed by atoms with Gasteiger partial charge in [-0.1, -0.05) is 48.5 Å². The van der Waals surface area contributed by atoms with Crippen molar-refractivity contribution < 1.29 is 36.4 Å². The fraction of sp³-hybridized carbons (Fsp3) is 0.100. The van der Waals surface area contributed by atoms with Gasteiger partial charge >= 0.3 is 19.5 Å². The molecule has 0 radical (unpaired) electrons. The fourth-order valence-electron chi connectivity index (χ4n) is 3.08. The number of rotatable bonds is 3. The predicted octanol–water partition coefficient (Wildman–Crippen LogP) is 4.74. The van der Waals surface area contributed by atoms with E-state index in [2.05, 4.69) is 0 Å². The van der Waals surface area contributed by atoms with Crippen molar-refractivity contribution in [3.63, 3.8) is 0 Å². The second kappa shape index (κ2) is 7.57. The molecule has 0 heterocycles. The van der Waals surface area contributed by atoms with E-state index in [4.69, 9.17) is 0 Å². The second-order valence-corrected chi connectivity index (χ2v) is 6.30. The molecule has 0 bridgehead atoms. The van der Waals surface area contributed by atoms with Gasteiger partial charge in [0, 0.05) is 0 Å². The van der Waals surface area contributed by atoms with Gasteiger partial charge in [0.05, 0.1) is 11.1 Å². The van der Waals surface area contributed by atoms with Crippen molar-refractivity contribution in [1.82, 2.24) is 0 Å². The normalized spacial score (nSPS) is 12.1. The van der Waals surface area contributed by atoms with Crippen molar-refractivity contribution in [2.75, 3.05) is 0 Å². The zero-order valence-corrected chi connectivity index (χ0v) is 14.6. The summed E-state index contributed by atoms with van der Waals surface area (Å²) in [5, 5.41) is 19.1. The molecule has 9 heteroatoms. The molecule has 0 unspecified atom stereocenters. The van der Waals surface area contributed by atoms with Crippen LogP contribution in [0.2, 0.25) is 0 Å². The first kappa shape index (κ1) is 20.9. The standard InChI is InChI=1S/C20H13BF6O2/c22-19(23,24)17-7-3-1-5-15(17)12-9-13(11-14(10-12)21(28)29)16-6-2-4-8-18(16)20(25,26)27/h1-11,28-29H. The number of halogens is 6. The van der Waals surface area contributed by atoms with Gasteiger partial charge in [-0.15, -0.1) is 0 Å². The maximum Gasteiger partial charge on any atom is 0.488 e. The minimum absolute atomic E-state index is 0.0875. The molecule has 0 aliphatic rings. The molecule has 0 aromatic heterocycles. The molecule has 0 atom stereocenters. The third kappa shape index (κ3) is 4.46. The average Bonchev–Trinajstić information content (AvgIpc) is 2.66. The summed E-state index contributed by atoms with van der Waals surface area (Å²) >= 11 is 0. The summed E-state index contributed by atoms with van der Waals surface area (Å²) in [7, 11) is -2.08. The number of hydrogen-bond acceptors (Lipinski definition) is 2. The Morgan fingerprint density at radius 2 is 0.966 bits per heavy atom. The lowest BCUT2D eigenvalue weighted by atomic mass is 9.77. The van der Waals surface area contributed by atoms with Crippen molar-refractivity contribution >= 4 is 12.6 Å². The topological polar surface area (TPSA) is 40.5 Å². The molecule has 0 aliphatic carbocycles. The van der Waals surface area contributed by atoms with Gasteiger partial charge in [-0.05, 0) is 45.9 Å². The molecule has 0 spiro atoms. The highest BCUT2D eigenvalue weighted by atomic mass is 19.4. The van der Waals surface area contributed by atoms with Crippen molar-refractivity contribution in [3.05, 3.63) is 77.9 Å². The first-order valence-electron chi connectivity index (χ1n) is 8.33. The lowest BCUT2D eigenvalue weighted by molar-refractivity contribution is -0.137. The van der Waals surface area contributed by atoms with Crippen LogP contribution in [0.25, 0.3) is 22.3 Å². The van der Waals surface area contributed by atoms with Gasteiger partial charge in [0.1, 0.15) is 0 Å². The molecular formula is C20H13BF6O2. The Morgan fingerprint density at radius 3 is 1.31 bits per heavy atom. The summed E-state index contributed by atoms with van der Waals surface area (Å²) in [5.74, 6) is 0. The first-order valence-corrected chi connectivity index (χ1v) is 8.33. The van der Waals surface area contributed by atoms with Gasteiger partial charge in [0.15, 0.2) is 0 Å². The van der Waals surface area contributed by atoms with Gasteiger partial charge in [-0.3, -0.25) is 0 Å². The highest BCUT2D eigenvalue weighted by molar-refractivity contribution is 6.58. The molecule has 29 heavy (non-hydrogen) atoms. The van der Waals surface area contributed by atoms with Gasteiger partial charge in [0.25, 0.3) is 0 Å². The monoisotopic (exact) mass is 410 g/mol. The highest BCUT2D eigenvalue weighted by Gasteiger charge is 2.35. The van der Waals surface area contributed by atoms with Crippen LogP contribution in [-0.4, -0.2) is 17.2 Å². The molecule has 0 saturated carbocycles. The van der Waals surface area contributed by atoms with Gasteiger partial charge in [-0.2, -0.15) is 26.3 Å². The molecule has 2 nitrogen and oxygen atoms in total. The zero-order chi connectivity index (χ0) is 21.4. The van der Waals surface area contributed by atoms with E-state index in [-0.39, 0.29) is 27.7 Å². The van der Waals surface area contributed by atoms with E-state index in [1.54, 1.807) is 0 Å². The summed E-state index contributed by atoms with van der Waals surface area (Å²) in [6.45, 7) is 0. The molecule has 2 N–H and O–H groups in total. The van der Waals surface area contributed by atoms with Crippen LogP contribution in [0.4, 0.5) is 26.3 Å². The molecule has 3 aromatic carbocycles. The van der Waals surface area contributed by atoms with Crippen molar-refractivity contribution in [3.8, 4) is 22.3 Å². The summed E-state index contributed by atoms with van der Waals surface area (Å²) in [5.41, 5.74) is -2.95. The Morgan fingerprint density at radius 1 is 0.586 bits per heavy atom. The van der Waals surface area contributed by atoms with E-state index in [1.807, 2.05) is 0 Å². The Labute approximate surface area is 162 Å². The van der Waals surface area contributed by atoms with E-state index >= 15 is 0 Å². The summed E-state index contributed by atoms with van der Waals surface area (Å²) in [4.78, 5) is 0. The lowest BCUT2D eigenvalue weighted by Crippen LogP contribution is -2.30.